The molecule has 1 aliphatic rings. The molecule has 0 saturated heterocycles. The third-order valence-corrected chi connectivity index (χ3v) is 4.37. The van der Waals surface area contributed by atoms with E-state index in [0.717, 1.165) is 5.69 Å². The molecule has 0 unspecified atom stereocenters. The Kier molecular flexibility index (Phi) is 3.77. The van der Waals surface area contributed by atoms with Gasteiger partial charge in [0.05, 0.1) is 11.7 Å². The number of thioether (sulfide) groups is 1. The summed E-state index contributed by atoms with van der Waals surface area (Å²) in [7, 11) is 0. The zero-order valence-corrected chi connectivity index (χ0v) is 11.9. The van der Waals surface area contributed by atoms with Crippen molar-refractivity contribution in [2.24, 2.45) is 0 Å². The Hall–Kier alpha value is -1.76. The second-order valence-corrected chi connectivity index (χ2v) is 5.95. The Balaban J connectivity index is 1.64. The van der Waals surface area contributed by atoms with Crippen molar-refractivity contribution in [1.29, 1.82) is 0 Å². The number of anilines is 1. The van der Waals surface area contributed by atoms with E-state index in [0.29, 0.717) is 17.0 Å². The van der Waals surface area contributed by atoms with Gasteiger partial charge >= 0.3 is 0 Å². The van der Waals surface area contributed by atoms with Gasteiger partial charge in [0.25, 0.3) is 5.56 Å². The molecule has 7 heteroatoms. The van der Waals surface area contributed by atoms with Gasteiger partial charge in [0, 0.05) is 18.0 Å². The smallest absolute Gasteiger partial charge is 0.253 e. The van der Waals surface area contributed by atoms with Crippen LogP contribution in [0.3, 0.4) is 0 Å². The molecule has 1 saturated carbocycles. The minimum absolute atomic E-state index is 0.225. The third-order valence-electron chi connectivity index (χ3n) is 3.46. The van der Waals surface area contributed by atoms with Crippen molar-refractivity contribution in [2.45, 2.75) is 42.6 Å². The Morgan fingerprint density at radius 3 is 3.00 bits per heavy atom. The number of nitrogens with two attached hydrogens (primary N) is 1. The predicted molar refractivity (Wildman–Crippen MR) is 78.6 cm³/mol. The van der Waals surface area contributed by atoms with Gasteiger partial charge in [0.1, 0.15) is 5.82 Å². The van der Waals surface area contributed by atoms with Gasteiger partial charge in [-0.2, -0.15) is 5.10 Å². The van der Waals surface area contributed by atoms with Crippen LogP contribution in [0, 0.1) is 0 Å². The van der Waals surface area contributed by atoms with Gasteiger partial charge in [-0.25, -0.2) is 4.98 Å². The number of hydrogen-bond acceptors (Lipinski definition) is 5. The van der Waals surface area contributed by atoms with Gasteiger partial charge in [0.2, 0.25) is 0 Å². The van der Waals surface area contributed by atoms with Crippen LogP contribution in [0.2, 0.25) is 0 Å². The first-order chi connectivity index (χ1) is 9.70. The lowest BCUT2D eigenvalue weighted by atomic mass is 10.3. The molecule has 0 spiro atoms. The zero-order chi connectivity index (χ0) is 13.9. The second-order valence-electron chi connectivity index (χ2n) is 4.99. The van der Waals surface area contributed by atoms with Gasteiger partial charge in [-0.1, -0.05) is 24.6 Å². The van der Waals surface area contributed by atoms with Gasteiger partial charge < -0.3 is 10.7 Å². The summed E-state index contributed by atoms with van der Waals surface area (Å²) in [5.74, 6) is 0.916. The fraction of sp³-hybridized carbons (Fsp3) is 0.462. The monoisotopic (exact) mass is 291 g/mol. The van der Waals surface area contributed by atoms with E-state index >= 15 is 0 Å². The second kappa shape index (κ2) is 5.70. The summed E-state index contributed by atoms with van der Waals surface area (Å²) < 4.78 is 2.07. The lowest BCUT2D eigenvalue weighted by Crippen LogP contribution is -2.09. The van der Waals surface area contributed by atoms with Gasteiger partial charge in [-0.05, 0) is 18.9 Å². The highest BCUT2D eigenvalue weighted by Gasteiger charge is 2.17. The topological polar surface area (TPSA) is 89.6 Å². The molecule has 1 fully saturated rings. The van der Waals surface area contributed by atoms with E-state index in [1.807, 2.05) is 12.3 Å². The van der Waals surface area contributed by atoms with Crippen LogP contribution in [0.4, 0.5) is 5.82 Å². The molecule has 0 radical (unpaired) electrons. The number of nitrogens with zero attached hydrogens (tertiary/aromatic N) is 3. The van der Waals surface area contributed by atoms with Crippen molar-refractivity contribution < 1.29 is 0 Å². The zero-order valence-electron chi connectivity index (χ0n) is 11.1. The van der Waals surface area contributed by atoms with Gasteiger partial charge in [0.15, 0.2) is 5.16 Å². The molecule has 2 heterocycles. The van der Waals surface area contributed by atoms with Crippen molar-refractivity contribution in [1.82, 2.24) is 19.7 Å². The summed E-state index contributed by atoms with van der Waals surface area (Å²) >= 11 is 1.44. The lowest BCUT2D eigenvalue weighted by Gasteiger charge is -2.08. The SMILES string of the molecule is Nc1cc(=O)[nH]c(SCc2ccn(C3CCCC3)n2)n1. The normalized spacial score (nSPS) is 15.8. The molecule has 0 aromatic carbocycles. The first-order valence-electron chi connectivity index (χ1n) is 6.74. The molecule has 0 atom stereocenters. The Morgan fingerprint density at radius 2 is 2.25 bits per heavy atom. The quantitative estimate of drug-likeness (QED) is 0.664. The predicted octanol–water partition coefficient (Wildman–Crippen LogP) is 1.96. The summed E-state index contributed by atoms with van der Waals surface area (Å²) in [4.78, 5) is 18.0. The number of H-pyrrole nitrogens is 1. The fourth-order valence-corrected chi connectivity index (χ4v) is 3.27. The van der Waals surface area contributed by atoms with E-state index in [1.165, 1.54) is 43.5 Å². The number of nitrogen functional groups attached to an aromatic ring is 1. The number of aromatic amines is 1. The average Bonchev–Trinajstić information content (AvgIpc) is 3.06. The Morgan fingerprint density at radius 1 is 1.45 bits per heavy atom. The van der Waals surface area contributed by atoms with Crippen LogP contribution in [0.25, 0.3) is 0 Å². The van der Waals surface area contributed by atoms with E-state index in [9.17, 15) is 4.79 Å². The van der Waals surface area contributed by atoms with E-state index < -0.39 is 0 Å². The van der Waals surface area contributed by atoms with Crippen LogP contribution in [0.1, 0.15) is 37.4 Å². The first-order valence-corrected chi connectivity index (χ1v) is 7.73. The molecular formula is C13H17N5OS. The van der Waals surface area contributed by atoms with Crippen LogP contribution in [0.15, 0.2) is 28.3 Å². The Labute approximate surface area is 120 Å². The number of aromatic nitrogens is 4. The summed E-state index contributed by atoms with van der Waals surface area (Å²) in [6.07, 6.45) is 7.07. The summed E-state index contributed by atoms with van der Waals surface area (Å²) in [6.45, 7) is 0. The molecular weight excluding hydrogens is 274 g/mol. The lowest BCUT2D eigenvalue weighted by molar-refractivity contribution is 0.464. The van der Waals surface area contributed by atoms with Crippen LogP contribution in [-0.2, 0) is 5.75 Å². The van der Waals surface area contributed by atoms with Gasteiger partial charge in [-0.15, -0.1) is 0 Å². The van der Waals surface area contributed by atoms with Crippen molar-refractivity contribution in [3.8, 4) is 0 Å². The maximum absolute atomic E-state index is 11.3. The standard InChI is InChI=1S/C13H17N5OS/c14-11-7-12(19)16-13(15-11)20-8-9-5-6-18(17-9)10-3-1-2-4-10/h5-7,10H,1-4,8H2,(H3,14,15,16,19). The number of nitrogens with one attached hydrogen (secondary N) is 1. The molecule has 0 bridgehead atoms. The third kappa shape index (κ3) is 3.04. The summed E-state index contributed by atoms with van der Waals surface area (Å²) in [5, 5.41) is 5.13. The van der Waals surface area contributed by atoms with Crippen LogP contribution in [0.5, 0.6) is 0 Å². The maximum Gasteiger partial charge on any atom is 0.253 e. The largest absolute Gasteiger partial charge is 0.383 e. The molecule has 6 nitrogen and oxygen atoms in total. The van der Waals surface area contributed by atoms with Crippen molar-refractivity contribution >= 4 is 17.6 Å². The molecule has 0 amide bonds. The van der Waals surface area contributed by atoms with E-state index in [-0.39, 0.29) is 11.4 Å². The first kappa shape index (κ1) is 13.2. The van der Waals surface area contributed by atoms with E-state index in [4.69, 9.17) is 5.73 Å². The highest BCUT2D eigenvalue weighted by molar-refractivity contribution is 7.98. The molecule has 3 rings (SSSR count). The average molecular weight is 291 g/mol. The Bertz CT molecular complexity index is 644. The van der Waals surface area contributed by atoms with E-state index in [1.54, 1.807) is 0 Å². The highest BCUT2D eigenvalue weighted by atomic mass is 32.2. The maximum atomic E-state index is 11.3. The fourth-order valence-electron chi connectivity index (χ4n) is 2.49. The van der Waals surface area contributed by atoms with E-state index in [2.05, 4.69) is 19.7 Å². The molecule has 106 valence electrons. The van der Waals surface area contributed by atoms with Gasteiger partial charge in [-0.3, -0.25) is 9.48 Å². The minimum atomic E-state index is -0.225. The van der Waals surface area contributed by atoms with Crippen LogP contribution < -0.4 is 11.3 Å². The summed E-state index contributed by atoms with van der Waals surface area (Å²) in [5.41, 5.74) is 6.32. The molecule has 0 aliphatic heterocycles. The van der Waals surface area contributed by atoms with Crippen molar-refractivity contribution in [3.05, 3.63) is 34.4 Å². The van der Waals surface area contributed by atoms with Crippen LogP contribution >= 0.6 is 11.8 Å². The molecule has 1 aliphatic carbocycles. The van der Waals surface area contributed by atoms with Crippen LogP contribution in [-0.4, -0.2) is 19.7 Å². The minimum Gasteiger partial charge on any atom is -0.383 e. The number of rotatable bonds is 4. The van der Waals surface area contributed by atoms with Crippen molar-refractivity contribution in [3.63, 3.8) is 0 Å². The van der Waals surface area contributed by atoms with Crippen molar-refractivity contribution in [2.75, 3.05) is 5.73 Å². The highest BCUT2D eigenvalue weighted by Crippen LogP contribution is 2.29. The molecule has 20 heavy (non-hydrogen) atoms. The summed E-state index contributed by atoms with van der Waals surface area (Å²) in [6, 6.07) is 3.85. The number of hydrogen-bond donors (Lipinski definition) is 2. The molecule has 2 aromatic rings. The molecule has 2 aromatic heterocycles. The molecule has 3 N–H and O–H groups in total.